The number of aryl methyl sites for hydroxylation is 1. The van der Waals surface area contributed by atoms with Gasteiger partial charge in [0.2, 0.25) is 5.91 Å². The van der Waals surface area contributed by atoms with E-state index >= 15 is 0 Å². The van der Waals surface area contributed by atoms with Crippen LogP contribution in [0.2, 0.25) is 0 Å². The average Bonchev–Trinajstić information content (AvgIpc) is 3.40. The number of nitrogens with zero attached hydrogens (tertiary/aromatic N) is 2. The summed E-state index contributed by atoms with van der Waals surface area (Å²) in [4.78, 5) is 35.2. The quantitative estimate of drug-likeness (QED) is 0.390. The first kappa shape index (κ1) is 20.6. The van der Waals surface area contributed by atoms with E-state index in [1.165, 1.54) is 10.5 Å². The van der Waals surface area contributed by atoms with Crippen LogP contribution >= 0.6 is 0 Å². The first-order chi connectivity index (χ1) is 16.7. The zero-order chi connectivity index (χ0) is 23.2. The fourth-order valence-corrected chi connectivity index (χ4v) is 5.14. The van der Waals surface area contributed by atoms with Gasteiger partial charge in [-0.1, -0.05) is 85.8 Å². The molecule has 168 valence electrons. The van der Waals surface area contributed by atoms with Gasteiger partial charge in [0.15, 0.2) is 6.10 Å². The number of carbonyl (C=O) groups excluding carboxylic acids is 2. The average molecular weight is 449 g/mol. The van der Waals surface area contributed by atoms with E-state index in [1.54, 1.807) is 5.06 Å². The molecular formula is C29H24N2O3. The van der Waals surface area contributed by atoms with Crippen LogP contribution < -0.4 is 9.96 Å². The lowest BCUT2D eigenvalue weighted by Gasteiger charge is -2.29. The molecule has 2 heterocycles. The molecule has 2 amide bonds. The molecule has 0 radical (unpaired) electrons. The third-order valence-corrected chi connectivity index (χ3v) is 6.86. The Morgan fingerprint density at radius 2 is 1.47 bits per heavy atom. The van der Waals surface area contributed by atoms with E-state index in [1.807, 2.05) is 84.9 Å². The van der Waals surface area contributed by atoms with Crippen LogP contribution in [0.1, 0.15) is 24.1 Å². The number of para-hydroxylation sites is 1. The number of amides is 2. The zero-order valence-corrected chi connectivity index (χ0v) is 18.8. The maximum atomic E-state index is 13.9. The largest absolute Gasteiger partial charge is 0.273 e. The van der Waals surface area contributed by atoms with E-state index in [0.717, 1.165) is 28.4 Å². The van der Waals surface area contributed by atoms with Crippen LogP contribution in [-0.4, -0.2) is 17.9 Å². The molecular weight excluding hydrogens is 424 g/mol. The summed E-state index contributed by atoms with van der Waals surface area (Å²) in [5.74, 6) is -1.19. The van der Waals surface area contributed by atoms with Crippen LogP contribution in [-0.2, 0) is 20.8 Å². The molecule has 0 bridgehead atoms. The van der Waals surface area contributed by atoms with Crippen molar-refractivity contribution in [2.75, 3.05) is 9.96 Å². The molecule has 0 N–H and O–H groups in total. The summed E-state index contributed by atoms with van der Waals surface area (Å²) in [5.41, 5.74) is 3.60. The van der Waals surface area contributed by atoms with E-state index in [4.69, 9.17) is 4.84 Å². The van der Waals surface area contributed by atoms with Gasteiger partial charge in [0, 0.05) is 5.39 Å². The Balaban J connectivity index is 1.45. The second kappa shape index (κ2) is 8.12. The molecule has 2 saturated heterocycles. The van der Waals surface area contributed by atoms with Gasteiger partial charge in [-0.25, -0.2) is 9.96 Å². The molecule has 5 nitrogen and oxygen atoms in total. The Morgan fingerprint density at radius 1 is 0.765 bits per heavy atom. The summed E-state index contributed by atoms with van der Waals surface area (Å²) in [6, 6.07) is 31.0. The van der Waals surface area contributed by atoms with Gasteiger partial charge in [0.1, 0.15) is 5.92 Å². The predicted octanol–water partition coefficient (Wildman–Crippen LogP) is 5.45. The maximum absolute atomic E-state index is 13.9. The molecule has 4 aromatic rings. The highest BCUT2D eigenvalue weighted by atomic mass is 16.7. The molecule has 2 aliphatic rings. The van der Waals surface area contributed by atoms with Gasteiger partial charge in [0.25, 0.3) is 5.91 Å². The molecule has 34 heavy (non-hydrogen) atoms. The van der Waals surface area contributed by atoms with E-state index in [0.29, 0.717) is 5.69 Å². The van der Waals surface area contributed by atoms with Crippen molar-refractivity contribution >= 4 is 34.0 Å². The SMILES string of the molecule is CCc1ccc(C2C3C(=O)N(c4cccc5ccccc45)C(=O)C3ON2c2ccccc2)cc1. The first-order valence-electron chi connectivity index (χ1n) is 11.6. The summed E-state index contributed by atoms with van der Waals surface area (Å²) in [7, 11) is 0. The lowest BCUT2D eigenvalue weighted by molar-refractivity contribution is -0.126. The van der Waals surface area contributed by atoms with Gasteiger partial charge in [-0.3, -0.25) is 14.4 Å². The molecule has 0 saturated carbocycles. The molecule has 6 rings (SSSR count). The Hall–Kier alpha value is -3.96. The number of anilines is 2. The van der Waals surface area contributed by atoms with Gasteiger partial charge in [0.05, 0.1) is 17.4 Å². The molecule has 4 aromatic carbocycles. The van der Waals surface area contributed by atoms with Crippen LogP contribution in [0.5, 0.6) is 0 Å². The zero-order valence-electron chi connectivity index (χ0n) is 18.8. The Kier molecular flexibility index (Phi) is 4.93. The lowest BCUT2D eigenvalue weighted by Crippen LogP contribution is -2.37. The molecule has 5 heteroatoms. The molecule has 0 spiro atoms. The van der Waals surface area contributed by atoms with Crippen molar-refractivity contribution in [3.63, 3.8) is 0 Å². The normalized spacial score (nSPS) is 22.0. The highest BCUT2D eigenvalue weighted by Gasteiger charge is 2.60. The molecule has 0 aromatic heterocycles. The van der Waals surface area contributed by atoms with Crippen molar-refractivity contribution in [1.29, 1.82) is 0 Å². The van der Waals surface area contributed by atoms with Crippen molar-refractivity contribution in [3.8, 4) is 0 Å². The van der Waals surface area contributed by atoms with Gasteiger partial charge in [-0.2, -0.15) is 0 Å². The van der Waals surface area contributed by atoms with Gasteiger partial charge >= 0.3 is 0 Å². The van der Waals surface area contributed by atoms with Crippen LogP contribution in [0, 0.1) is 5.92 Å². The number of imide groups is 1. The van der Waals surface area contributed by atoms with Crippen LogP contribution in [0.3, 0.4) is 0 Å². The Morgan fingerprint density at radius 3 is 2.24 bits per heavy atom. The molecule has 2 aliphatic heterocycles. The van der Waals surface area contributed by atoms with Crippen molar-refractivity contribution in [1.82, 2.24) is 0 Å². The standard InChI is InChI=1S/C29H24N2O3/c1-2-19-15-17-21(18-16-19)26-25-27(34-31(26)22-11-4-3-5-12-22)29(33)30(28(25)32)24-14-8-10-20-9-6-7-13-23(20)24/h3-18,25-27H,2H2,1H3. The van der Waals surface area contributed by atoms with Crippen molar-refractivity contribution in [3.05, 3.63) is 108 Å². The smallest absolute Gasteiger partial charge is 0.266 e. The summed E-state index contributed by atoms with van der Waals surface area (Å²) >= 11 is 0. The number of carbonyl (C=O) groups is 2. The summed E-state index contributed by atoms with van der Waals surface area (Å²) < 4.78 is 0. The van der Waals surface area contributed by atoms with Crippen molar-refractivity contribution in [2.24, 2.45) is 5.92 Å². The van der Waals surface area contributed by atoms with Crippen molar-refractivity contribution in [2.45, 2.75) is 25.5 Å². The van der Waals surface area contributed by atoms with E-state index in [-0.39, 0.29) is 11.8 Å². The molecule has 3 atom stereocenters. The number of hydrogen-bond acceptors (Lipinski definition) is 4. The fourth-order valence-electron chi connectivity index (χ4n) is 5.14. The van der Waals surface area contributed by atoms with Gasteiger partial charge < -0.3 is 0 Å². The number of fused-ring (bicyclic) bond motifs is 2. The fraction of sp³-hybridized carbons (Fsp3) is 0.172. The monoisotopic (exact) mass is 448 g/mol. The second-order valence-corrected chi connectivity index (χ2v) is 8.76. The molecule has 0 aliphatic carbocycles. The topological polar surface area (TPSA) is 49.9 Å². The number of benzene rings is 4. The Bertz CT molecular complexity index is 1380. The summed E-state index contributed by atoms with van der Waals surface area (Å²) in [5, 5.41) is 3.60. The maximum Gasteiger partial charge on any atom is 0.266 e. The number of rotatable bonds is 4. The minimum absolute atomic E-state index is 0.227. The minimum Gasteiger partial charge on any atom is -0.273 e. The van der Waals surface area contributed by atoms with Crippen LogP contribution in [0.15, 0.2) is 97.1 Å². The third kappa shape index (κ3) is 3.12. The first-order valence-corrected chi connectivity index (χ1v) is 11.6. The van der Waals surface area contributed by atoms with E-state index in [2.05, 4.69) is 19.1 Å². The van der Waals surface area contributed by atoms with E-state index in [9.17, 15) is 9.59 Å². The lowest BCUT2D eigenvalue weighted by atomic mass is 9.90. The number of hydroxylamine groups is 1. The van der Waals surface area contributed by atoms with Crippen molar-refractivity contribution < 1.29 is 14.4 Å². The van der Waals surface area contributed by atoms with Crippen LogP contribution in [0.4, 0.5) is 11.4 Å². The minimum atomic E-state index is -0.873. The summed E-state index contributed by atoms with van der Waals surface area (Å²) in [6.07, 6.45) is 0.0601. The third-order valence-electron chi connectivity index (χ3n) is 6.86. The highest BCUT2D eigenvalue weighted by molar-refractivity contribution is 6.26. The van der Waals surface area contributed by atoms with Gasteiger partial charge in [-0.15, -0.1) is 0 Å². The van der Waals surface area contributed by atoms with Crippen LogP contribution in [0.25, 0.3) is 10.8 Å². The Labute approximate surface area is 198 Å². The summed E-state index contributed by atoms with van der Waals surface area (Å²) in [6.45, 7) is 2.11. The second-order valence-electron chi connectivity index (χ2n) is 8.76. The molecule has 2 fully saturated rings. The number of hydrogen-bond donors (Lipinski definition) is 0. The predicted molar refractivity (Wildman–Crippen MR) is 132 cm³/mol. The van der Waals surface area contributed by atoms with E-state index < -0.39 is 18.1 Å². The highest BCUT2D eigenvalue weighted by Crippen LogP contribution is 2.48. The molecule has 3 unspecified atom stereocenters. The van der Waals surface area contributed by atoms with Gasteiger partial charge in [-0.05, 0) is 41.1 Å².